The number of halogens is 1. The number of carbonyl (C=O) groups excluding carboxylic acids is 2. The molecule has 0 bridgehead atoms. The predicted octanol–water partition coefficient (Wildman–Crippen LogP) is 2.50. The average Bonchev–Trinajstić information content (AvgIpc) is 2.52. The van der Waals surface area contributed by atoms with Crippen LogP contribution in [0.5, 0.6) is 0 Å². The smallest absolute Gasteiger partial charge is 0.326 e. The lowest BCUT2D eigenvalue weighted by atomic mass is 10.1. The van der Waals surface area contributed by atoms with E-state index in [0.29, 0.717) is 17.7 Å². The third-order valence-electron chi connectivity index (χ3n) is 3.13. The molecule has 0 spiro atoms. The molecule has 0 aromatic heterocycles. The van der Waals surface area contributed by atoms with E-state index in [2.05, 4.69) is 5.32 Å². The Labute approximate surface area is 138 Å². The number of hydrogen-bond donors (Lipinski definition) is 2. The van der Waals surface area contributed by atoms with Gasteiger partial charge in [-0.15, -0.1) is 0 Å². The van der Waals surface area contributed by atoms with E-state index in [4.69, 9.17) is 5.11 Å². The second-order valence-corrected chi connectivity index (χ2v) is 6.27. The second kappa shape index (κ2) is 9.99. The summed E-state index contributed by atoms with van der Waals surface area (Å²) in [7, 11) is 0. The Balaban J connectivity index is 2.43. The minimum Gasteiger partial charge on any atom is -0.480 e. The van der Waals surface area contributed by atoms with E-state index in [-0.39, 0.29) is 18.6 Å². The Morgan fingerprint density at radius 3 is 2.43 bits per heavy atom. The van der Waals surface area contributed by atoms with Crippen molar-refractivity contribution in [3.63, 3.8) is 0 Å². The number of thioether (sulfide) groups is 1. The van der Waals surface area contributed by atoms with Crippen molar-refractivity contribution in [1.82, 2.24) is 5.32 Å². The van der Waals surface area contributed by atoms with Gasteiger partial charge in [0.05, 0.1) is 0 Å². The first-order chi connectivity index (χ1) is 10.9. The summed E-state index contributed by atoms with van der Waals surface area (Å²) in [4.78, 5) is 34.8. The number of carboxylic acids is 1. The molecule has 7 heteroatoms. The minimum absolute atomic E-state index is 0.0481. The highest BCUT2D eigenvalue weighted by molar-refractivity contribution is 7.99. The fourth-order valence-corrected chi connectivity index (χ4v) is 2.57. The molecule has 1 aromatic rings. The number of benzene rings is 1. The van der Waals surface area contributed by atoms with Gasteiger partial charge in [0, 0.05) is 18.4 Å². The first kappa shape index (κ1) is 19.2. The molecule has 23 heavy (non-hydrogen) atoms. The lowest BCUT2D eigenvalue weighted by Crippen LogP contribution is -2.41. The van der Waals surface area contributed by atoms with Gasteiger partial charge in [-0.25, -0.2) is 9.18 Å². The van der Waals surface area contributed by atoms with E-state index in [0.717, 1.165) is 5.75 Å². The van der Waals surface area contributed by atoms with Crippen molar-refractivity contribution in [2.45, 2.75) is 32.2 Å². The summed E-state index contributed by atoms with van der Waals surface area (Å²) in [6.07, 6.45) is 0.194. The van der Waals surface area contributed by atoms with Crippen molar-refractivity contribution in [2.24, 2.45) is 0 Å². The molecule has 0 heterocycles. The predicted molar refractivity (Wildman–Crippen MR) is 87.1 cm³/mol. The Morgan fingerprint density at radius 1 is 1.22 bits per heavy atom. The van der Waals surface area contributed by atoms with Gasteiger partial charge in [-0.05, 0) is 42.2 Å². The maximum absolute atomic E-state index is 12.8. The Kier molecular flexibility index (Phi) is 8.32. The quantitative estimate of drug-likeness (QED) is 0.505. The maximum atomic E-state index is 12.8. The lowest BCUT2D eigenvalue weighted by Gasteiger charge is -2.14. The number of hydrogen-bond acceptors (Lipinski definition) is 4. The summed E-state index contributed by atoms with van der Waals surface area (Å²) in [6.45, 7) is 1.97. The molecule has 0 saturated heterocycles. The van der Waals surface area contributed by atoms with Gasteiger partial charge in [0.1, 0.15) is 11.9 Å². The monoisotopic (exact) mass is 341 g/mol. The number of amides is 1. The zero-order chi connectivity index (χ0) is 17.2. The number of ketones is 1. The van der Waals surface area contributed by atoms with Crippen molar-refractivity contribution in [3.8, 4) is 0 Å². The van der Waals surface area contributed by atoms with Crippen LogP contribution in [0.1, 0.15) is 36.5 Å². The van der Waals surface area contributed by atoms with Crippen LogP contribution in [-0.2, 0) is 9.59 Å². The lowest BCUT2D eigenvalue weighted by molar-refractivity contribution is -0.141. The summed E-state index contributed by atoms with van der Waals surface area (Å²) in [5.74, 6) is -0.759. The number of aliphatic carboxylic acids is 1. The molecular weight excluding hydrogens is 321 g/mol. The molecule has 126 valence electrons. The zero-order valence-electron chi connectivity index (χ0n) is 12.9. The highest BCUT2D eigenvalue weighted by Gasteiger charge is 2.20. The minimum atomic E-state index is -1.08. The van der Waals surface area contributed by atoms with E-state index in [1.807, 2.05) is 6.92 Å². The van der Waals surface area contributed by atoms with E-state index in [9.17, 15) is 18.8 Å². The van der Waals surface area contributed by atoms with Gasteiger partial charge in [0.15, 0.2) is 5.78 Å². The standard InChI is InChI=1S/C16H20FNO4S/c1-2-23-10-9-13(16(21)22)18-15(20)8-7-14(19)11-3-5-12(17)6-4-11/h3-6,13H,2,7-10H2,1H3,(H,18,20)(H,21,22). The third-order valence-corrected chi connectivity index (χ3v) is 4.07. The fourth-order valence-electron chi connectivity index (χ4n) is 1.88. The molecule has 1 rings (SSSR count). The Hall–Kier alpha value is -1.89. The van der Waals surface area contributed by atoms with Crippen LogP contribution in [0, 0.1) is 5.82 Å². The zero-order valence-corrected chi connectivity index (χ0v) is 13.7. The summed E-state index contributed by atoms with van der Waals surface area (Å²) >= 11 is 1.60. The van der Waals surface area contributed by atoms with E-state index >= 15 is 0 Å². The second-order valence-electron chi connectivity index (χ2n) is 4.87. The van der Waals surface area contributed by atoms with E-state index < -0.39 is 23.7 Å². The number of rotatable bonds is 10. The number of nitrogens with one attached hydrogen (secondary N) is 1. The fraction of sp³-hybridized carbons (Fsp3) is 0.438. The van der Waals surface area contributed by atoms with Crippen molar-refractivity contribution in [3.05, 3.63) is 35.6 Å². The molecule has 1 atom stereocenters. The first-order valence-electron chi connectivity index (χ1n) is 7.32. The maximum Gasteiger partial charge on any atom is 0.326 e. The van der Waals surface area contributed by atoms with Crippen molar-refractivity contribution >= 4 is 29.4 Å². The molecule has 1 amide bonds. The molecule has 1 unspecified atom stereocenters. The van der Waals surface area contributed by atoms with Crippen LogP contribution in [0.3, 0.4) is 0 Å². The molecule has 2 N–H and O–H groups in total. The summed E-state index contributed by atoms with van der Waals surface area (Å²) in [6, 6.07) is 4.13. The first-order valence-corrected chi connectivity index (χ1v) is 8.48. The van der Waals surface area contributed by atoms with Gasteiger partial charge >= 0.3 is 5.97 Å². The van der Waals surface area contributed by atoms with Crippen molar-refractivity contribution in [1.29, 1.82) is 0 Å². The van der Waals surface area contributed by atoms with Gasteiger partial charge in [0.2, 0.25) is 5.91 Å². The van der Waals surface area contributed by atoms with Crippen LogP contribution in [0.15, 0.2) is 24.3 Å². The molecular formula is C16H20FNO4S. The van der Waals surface area contributed by atoms with Crippen LogP contribution < -0.4 is 5.32 Å². The molecule has 5 nitrogen and oxygen atoms in total. The average molecular weight is 341 g/mol. The van der Waals surface area contributed by atoms with Gasteiger partial charge < -0.3 is 10.4 Å². The molecule has 0 aliphatic rings. The van der Waals surface area contributed by atoms with Crippen LogP contribution in [0.2, 0.25) is 0 Å². The topological polar surface area (TPSA) is 83.5 Å². The number of Topliss-reactive ketones (excluding diaryl/α,β-unsaturated/α-hetero) is 1. The van der Waals surface area contributed by atoms with Crippen molar-refractivity contribution < 1.29 is 23.9 Å². The largest absolute Gasteiger partial charge is 0.480 e. The van der Waals surface area contributed by atoms with Crippen LogP contribution in [0.4, 0.5) is 4.39 Å². The van der Waals surface area contributed by atoms with Crippen molar-refractivity contribution in [2.75, 3.05) is 11.5 Å². The molecule has 0 fully saturated rings. The number of carbonyl (C=O) groups is 3. The highest BCUT2D eigenvalue weighted by atomic mass is 32.2. The summed E-state index contributed by atoms with van der Waals surface area (Å²) in [5.41, 5.74) is 0.327. The molecule has 1 aromatic carbocycles. The SMILES string of the molecule is CCSCCC(NC(=O)CCC(=O)c1ccc(F)cc1)C(=O)O. The summed E-state index contributed by atoms with van der Waals surface area (Å²) < 4.78 is 12.8. The van der Waals surface area contributed by atoms with Gasteiger partial charge in [-0.3, -0.25) is 9.59 Å². The Morgan fingerprint density at radius 2 is 1.87 bits per heavy atom. The van der Waals surface area contributed by atoms with Crippen LogP contribution in [-0.4, -0.2) is 40.3 Å². The molecule has 0 aliphatic carbocycles. The number of carboxylic acid groups (broad SMARTS) is 1. The molecule has 0 aliphatic heterocycles. The van der Waals surface area contributed by atoms with Crippen LogP contribution in [0.25, 0.3) is 0 Å². The summed E-state index contributed by atoms with van der Waals surface area (Å²) in [5, 5.41) is 11.5. The van der Waals surface area contributed by atoms with Gasteiger partial charge in [0.25, 0.3) is 0 Å². The van der Waals surface area contributed by atoms with E-state index in [1.165, 1.54) is 24.3 Å². The Bertz CT molecular complexity index is 548. The highest BCUT2D eigenvalue weighted by Crippen LogP contribution is 2.08. The molecule has 0 saturated carbocycles. The normalized spacial score (nSPS) is 11.7. The molecule has 0 radical (unpaired) electrons. The van der Waals surface area contributed by atoms with Gasteiger partial charge in [-0.2, -0.15) is 11.8 Å². The van der Waals surface area contributed by atoms with Crippen LogP contribution >= 0.6 is 11.8 Å². The third kappa shape index (κ3) is 7.27. The van der Waals surface area contributed by atoms with E-state index in [1.54, 1.807) is 11.8 Å². The van der Waals surface area contributed by atoms with Gasteiger partial charge in [-0.1, -0.05) is 6.92 Å².